The monoisotopic (exact) mass is 216 g/mol. The molecule has 3 nitrogen and oxygen atoms in total. The van der Waals surface area contributed by atoms with Crippen molar-refractivity contribution in [1.29, 1.82) is 0 Å². The number of aromatic nitrogens is 2. The minimum atomic E-state index is -1.54. The van der Waals surface area contributed by atoms with Gasteiger partial charge in [0.25, 0.3) is 0 Å². The zero-order valence-electron chi connectivity index (χ0n) is 7.22. The molecule has 0 aliphatic carbocycles. The van der Waals surface area contributed by atoms with E-state index in [-0.39, 0.29) is 0 Å². The summed E-state index contributed by atoms with van der Waals surface area (Å²) in [5.74, 6) is 7.65. The van der Waals surface area contributed by atoms with Gasteiger partial charge < -0.3 is 0 Å². The van der Waals surface area contributed by atoms with Crippen LogP contribution in [0.5, 0.6) is 5.88 Å². The van der Waals surface area contributed by atoms with E-state index >= 15 is 0 Å². The van der Waals surface area contributed by atoms with Crippen LogP contribution in [0.4, 0.5) is 0 Å². The van der Waals surface area contributed by atoms with E-state index in [1.54, 1.807) is 6.20 Å². The third kappa shape index (κ3) is 3.46. The Morgan fingerprint density at radius 3 is 2.73 bits per heavy atom. The van der Waals surface area contributed by atoms with E-state index in [0.717, 1.165) is 5.44 Å². The molecule has 1 aromatic rings. The molecular formula is C7H14GeN2O. The number of H-pyrrole nitrogens is 1. The Balaban J connectivity index is 2.35. The molecule has 1 aromatic heterocycles. The zero-order valence-corrected chi connectivity index (χ0v) is 9.32. The predicted octanol–water partition coefficient (Wildman–Crippen LogP) is 1.67. The van der Waals surface area contributed by atoms with Gasteiger partial charge in [0.2, 0.25) is 0 Å². The molecule has 1 N–H and O–H groups in total. The first-order valence-electron chi connectivity index (χ1n) is 3.70. The van der Waals surface area contributed by atoms with Gasteiger partial charge in [-0.25, -0.2) is 0 Å². The summed E-state index contributed by atoms with van der Waals surface area (Å²) in [4.78, 5) is 0. The Morgan fingerprint density at radius 2 is 2.27 bits per heavy atom. The van der Waals surface area contributed by atoms with Crippen molar-refractivity contribution in [1.82, 2.24) is 10.2 Å². The molecule has 11 heavy (non-hydrogen) atoms. The Labute approximate surface area is 69.5 Å². The van der Waals surface area contributed by atoms with E-state index in [1.807, 2.05) is 6.07 Å². The van der Waals surface area contributed by atoms with Gasteiger partial charge in [-0.15, -0.1) is 0 Å². The minimum absolute atomic E-state index is 0.713. The van der Waals surface area contributed by atoms with Crippen LogP contribution in [0.15, 0.2) is 12.3 Å². The molecule has 0 unspecified atom stereocenters. The molecule has 4 heteroatoms. The SMILES string of the molecule is [CH3][Ge]([CH3])([CH3])[CH2]Oc1cc[nH]n1. The molecular weight excluding hydrogens is 201 g/mol. The van der Waals surface area contributed by atoms with Gasteiger partial charge >= 0.3 is 69.1 Å². The second kappa shape index (κ2) is 3.30. The van der Waals surface area contributed by atoms with Crippen LogP contribution in [-0.2, 0) is 0 Å². The van der Waals surface area contributed by atoms with Gasteiger partial charge in [-0.2, -0.15) is 0 Å². The summed E-state index contributed by atoms with van der Waals surface area (Å²) in [7, 11) is 0. The van der Waals surface area contributed by atoms with Crippen LogP contribution in [0.1, 0.15) is 0 Å². The number of aromatic amines is 1. The van der Waals surface area contributed by atoms with Crippen molar-refractivity contribution >= 4 is 13.3 Å². The van der Waals surface area contributed by atoms with Crippen LogP contribution in [0.25, 0.3) is 0 Å². The van der Waals surface area contributed by atoms with Crippen molar-refractivity contribution in [3.8, 4) is 5.88 Å². The molecule has 0 atom stereocenters. The molecule has 0 radical (unpaired) electrons. The third-order valence-corrected chi connectivity index (χ3v) is 3.25. The predicted molar refractivity (Wildman–Crippen MR) is 47.4 cm³/mol. The Morgan fingerprint density at radius 1 is 1.55 bits per heavy atom. The fourth-order valence-electron chi connectivity index (χ4n) is 0.618. The molecule has 0 bridgehead atoms. The molecule has 0 amide bonds. The summed E-state index contributed by atoms with van der Waals surface area (Å²) in [5.41, 5.74) is 0.880. The van der Waals surface area contributed by atoms with E-state index < -0.39 is 13.3 Å². The van der Waals surface area contributed by atoms with Gasteiger partial charge in [0, 0.05) is 0 Å². The van der Waals surface area contributed by atoms with Crippen LogP contribution in [0.2, 0.25) is 17.3 Å². The van der Waals surface area contributed by atoms with E-state index in [1.165, 1.54) is 0 Å². The number of rotatable bonds is 3. The second-order valence-electron chi connectivity index (χ2n) is 3.76. The molecule has 0 saturated carbocycles. The molecule has 1 rings (SSSR count). The van der Waals surface area contributed by atoms with Crippen molar-refractivity contribution in [3.63, 3.8) is 0 Å². The average Bonchev–Trinajstić information content (AvgIpc) is 2.32. The van der Waals surface area contributed by atoms with Crippen LogP contribution in [-0.4, -0.2) is 28.9 Å². The Hall–Kier alpha value is -0.447. The van der Waals surface area contributed by atoms with Crippen LogP contribution in [0, 0.1) is 0 Å². The molecule has 0 aliphatic heterocycles. The van der Waals surface area contributed by atoms with E-state index in [9.17, 15) is 0 Å². The number of nitrogens with zero attached hydrogens (tertiary/aromatic N) is 1. The van der Waals surface area contributed by atoms with Gasteiger partial charge in [0.1, 0.15) is 0 Å². The van der Waals surface area contributed by atoms with Crippen LogP contribution < -0.4 is 4.74 Å². The molecule has 0 fully saturated rings. The third-order valence-electron chi connectivity index (χ3n) is 1.13. The average molecular weight is 215 g/mol. The molecule has 62 valence electrons. The Bertz CT molecular complexity index is 203. The fraction of sp³-hybridized carbons (Fsp3) is 0.571. The van der Waals surface area contributed by atoms with Gasteiger partial charge in [-0.1, -0.05) is 0 Å². The summed E-state index contributed by atoms with van der Waals surface area (Å²) in [6.07, 6.45) is 1.77. The van der Waals surface area contributed by atoms with Crippen molar-refractivity contribution in [2.24, 2.45) is 0 Å². The maximum atomic E-state index is 5.45. The van der Waals surface area contributed by atoms with Crippen LogP contribution in [0.3, 0.4) is 0 Å². The van der Waals surface area contributed by atoms with Crippen molar-refractivity contribution < 1.29 is 4.74 Å². The molecule has 0 aliphatic rings. The first-order valence-corrected chi connectivity index (χ1v) is 11.5. The van der Waals surface area contributed by atoms with Gasteiger partial charge in [0.05, 0.1) is 0 Å². The Kier molecular flexibility index (Phi) is 2.59. The van der Waals surface area contributed by atoms with Crippen molar-refractivity contribution in [2.45, 2.75) is 17.3 Å². The molecule has 1 heterocycles. The summed E-state index contributed by atoms with van der Waals surface area (Å²) < 4.78 is 5.45. The summed E-state index contributed by atoms with van der Waals surface area (Å²) in [6, 6.07) is 1.84. The summed E-state index contributed by atoms with van der Waals surface area (Å²) >= 11 is -1.54. The molecule has 0 aromatic carbocycles. The fourth-order valence-corrected chi connectivity index (χ4v) is 1.84. The maximum absolute atomic E-state index is 5.45. The van der Waals surface area contributed by atoms with Gasteiger partial charge in [-0.3, -0.25) is 0 Å². The number of ether oxygens (including phenoxy) is 1. The van der Waals surface area contributed by atoms with Gasteiger partial charge in [0.15, 0.2) is 0 Å². The molecule has 0 spiro atoms. The number of hydrogen-bond donors (Lipinski definition) is 1. The first-order chi connectivity index (χ1) is 5.08. The normalized spacial score (nSPS) is 11.5. The number of nitrogens with one attached hydrogen (secondary N) is 1. The molecule has 0 saturated heterocycles. The van der Waals surface area contributed by atoms with Crippen LogP contribution >= 0.6 is 0 Å². The van der Waals surface area contributed by atoms with Gasteiger partial charge in [-0.05, 0) is 0 Å². The second-order valence-corrected chi connectivity index (χ2v) is 15.1. The standard InChI is InChI=1S/C7H14GeN2O/c1-8(2,3)6-11-7-4-5-9-10-7/h4-5H,6H2,1-3H3,(H,9,10). The summed E-state index contributed by atoms with van der Waals surface area (Å²) in [6.45, 7) is 0. The first kappa shape index (κ1) is 8.65. The zero-order chi connectivity index (χ0) is 8.32. The summed E-state index contributed by atoms with van der Waals surface area (Å²) in [5, 5.41) is 6.61. The quantitative estimate of drug-likeness (QED) is 0.778. The van der Waals surface area contributed by atoms with E-state index in [0.29, 0.717) is 5.88 Å². The van der Waals surface area contributed by atoms with E-state index in [4.69, 9.17) is 4.74 Å². The van der Waals surface area contributed by atoms with E-state index in [2.05, 4.69) is 27.5 Å². The topological polar surface area (TPSA) is 37.9 Å². The number of hydrogen-bond acceptors (Lipinski definition) is 2. The van der Waals surface area contributed by atoms with Crippen molar-refractivity contribution in [2.75, 3.05) is 5.44 Å². The van der Waals surface area contributed by atoms with Crippen molar-refractivity contribution in [3.05, 3.63) is 12.3 Å².